The topological polar surface area (TPSA) is 40.5 Å². The standard InChI is InChI=1S/C12H15BrFNO2/c1-12(2,7-16)15(3)11(17)8-5-4-6-9(14)10(8)13/h4-6,16H,7H2,1-3H3. The molecule has 0 saturated carbocycles. The van der Waals surface area contributed by atoms with E-state index in [-0.39, 0.29) is 22.6 Å². The number of rotatable bonds is 3. The largest absolute Gasteiger partial charge is 0.394 e. The first-order valence-electron chi connectivity index (χ1n) is 5.14. The highest BCUT2D eigenvalue weighted by Gasteiger charge is 2.28. The lowest BCUT2D eigenvalue weighted by molar-refractivity contribution is 0.0472. The highest BCUT2D eigenvalue weighted by Crippen LogP contribution is 2.24. The molecule has 0 saturated heterocycles. The molecule has 1 aromatic carbocycles. The molecule has 0 heterocycles. The monoisotopic (exact) mass is 303 g/mol. The zero-order chi connectivity index (χ0) is 13.2. The third-order valence-corrected chi connectivity index (χ3v) is 3.59. The first kappa shape index (κ1) is 14.1. The second kappa shape index (κ2) is 5.14. The zero-order valence-corrected chi connectivity index (χ0v) is 11.6. The maximum atomic E-state index is 13.3. The summed E-state index contributed by atoms with van der Waals surface area (Å²) in [6.45, 7) is 3.30. The Labute approximate surface area is 108 Å². The van der Waals surface area contributed by atoms with Crippen LogP contribution in [0.2, 0.25) is 0 Å². The van der Waals surface area contributed by atoms with Crippen LogP contribution in [0.3, 0.4) is 0 Å². The summed E-state index contributed by atoms with van der Waals surface area (Å²) in [6, 6.07) is 4.30. The molecule has 0 unspecified atom stereocenters. The van der Waals surface area contributed by atoms with Gasteiger partial charge >= 0.3 is 0 Å². The highest BCUT2D eigenvalue weighted by molar-refractivity contribution is 9.10. The van der Waals surface area contributed by atoms with E-state index in [1.54, 1.807) is 27.0 Å². The Morgan fingerprint density at radius 2 is 2.12 bits per heavy atom. The average Bonchev–Trinajstić information content (AvgIpc) is 2.30. The number of hydrogen-bond donors (Lipinski definition) is 1. The van der Waals surface area contributed by atoms with Crippen LogP contribution in [0.4, 0.5) is 4.39 Å². The molecule has 17 heavy (non-hydrogen) atoms. The van der Waals surface area contributed by atoms with Crippen molar-refractivity contribution in [2.75, 3.05) is 13.7 Å². The van der Waals surface area contributed by atoms with Crippen LogP contribution in [0.15, 0.2) is 22.7 Å². The van der Waals surface area contributed by atoms with Crippen molar-refractivity contribution in [1.29, 1.82) is 0 Å². The van der Waals surface area contributed by atoms with Gasteiger partial charge in [0, 0.05) is 7.05 Å². The van der Waals surface area contributed by atoms with Crippen LogP contribution in [-0.2, 0) is 0 Å². The van der Waals surface area contributed by atoms with Crippen molar-refractivity contribution in [2.45, 2.75) is 19.4 Å². The predicted molar refractivity (Wildman–Crippen MR) is 67.4 cm³/mol. The van der Waals surface area contributed by atoms with Crippen LogP contribution in [-0.4, -0.2) is 35.1 Å². The Balaban J connectivity index is 3.09. The van der Waals surface area contributed by atoms with Crippen molar-refractivity contribution in [3.05, 3.63) is 34.1 Å². The fourth-order valence-electron chi connectivity index (χ4n) is 1.23. The SMILES string of the molecule is CN(C(=O)c1cccc(F)c1Br)C(C)(C)CO. The van der Waals surface area contributed by atoms with Crippen LogP contribution in [0.25, 0.3) is 0 Å². The van der Waals surface area contributed by atoms with Crippen molar-refractivity contribution < 1.29 is 14.3 Å². The zero-order valence-electron chi connectivity index (χ0n) is 10.00. The van der Waals surface area contributed by atoms with Crippen molar-refractivity contribution in [3.63, 3.8) is 0 Å². The molecule has 5 heteroatoms. The predicted octanol–water partition coefficient (Wildman–Crippen LogP) is 2.43. The minimum atomic E-state index is -0.692. The van der Waals surface area contributed by atoms with E-state index in [4.69, 9.17) is 0 Å². The maximum Gasteiger partial charge on any atom is 0.255 e. The summed E-state index contributed by atoms with van der Waals surface area (Å²) in [7, 11) is 1.58. The van der Waals surface area contributed by atoms with Gasteiger partial charge < -0.3 is 10.0 Å². The van der Waals surface area contributed by atoms with Gasteiger partial charge in [0.1, 0.15) is 5.82 Å². The van der Waals surface area contributed by atoms with E-state index < -0.39 is 11.4 Å². The van der Waals surface area contributed by atoms with E-state index in [2.05, 4.69) is 15.9 Å². The number of carbonyl (C=O) groups excluding carboxylic acids is 1. The lowest BCUT2D eigenvalue weighted by Gasteiger charge is -2.34. The molecule has 1 rings (SSSR count). The van der Waals surface area contributed by atoms with Crippen molar-refractivity contribution in [3.8, 4) is 0 Å². The number of amides is 1. The number of benzene rings is 1. The number of nitrogens with zero attached hydrogens (tertiary/aromatic N) is 1. The molecule has 0 spiro atoms. The average molecular weight is 304 g/mol. The van der Waals surface area contributed by atoms with Crippen molar-refractivity contribution in [2.24, 2.45) is 0 Å². The summed E-state index contributed by atoms with van der Waals surface area (Å²) < 4.78 is 13.5. The molecular formula is C12H15BrFNO2. The molecule has 0 aliphatic heterocycles. The first-order valence-corrected chi connectivity index (χ1v) is 5.93. The lowest BCUT2D eigenvalue weighted by Crippen LogP contribution is -2.47. The summed E-state index contributed by atoms with van der Waals surface area (Å²) in [5.41, 5.74) is -0.447. The number of carbonyl (C=O) groups is 1. The molecule has 0 aliphatic carbocycles. The van der Waals surface area contributed by atoms with E-state index in [0.29, 0.717) is 0 Å². The van der Waals surface area contributed by atoms with Crippen molar-refractivity contribution >= 4 is 21.8 Å². The summed E-state index contributed by atoms with van der Waals surface area (Å²) in [5, 5.41) is 9.20. The Bertz CT molecular complexity index is 435. The molecule has 0 radical (unpaired) electrons. The fourth-order valence-corrected chi connectivity index (χ4v) is 1.66. The van der Waals surface area contributed by atoms with Gasteiger partial charge in [-0.3, -0.25) is 4.79 Å². The van der Waals surface area contributed by atoms with E-state index >= 15 is 0 Å². The van der Waals surface area contributed by atoms with Gasteiger partial charge in [-0.25, -0.2) is 4.39 Å². The molecule has 0 atom stereocenters. The smallest absolute Gasteiger partial charge is 0.255 e. The normalized spacial score (nSPS) is 11.4. The van der Waals surface area contributed by atoms with E-state index in [9.17, 15) is 14.3 Å². The van der Waals surface area contributed by atoms with Gasteiger partial charge in [-0.05, 0) is 41.9 Å². The van der Waals surface area contributed by atoms with E-state index in [0.717, 1.165) is 0 Å². The molecule has 0 aromatic heterocycles. The molecule has 1 aromatic rings. The highest BCUT2D eigenvalue weighted by atomic mass is 79.9. The Hall–Kier alpha value is -0.940. The molecule has 1 N–H and O–H groups in total. The molecule has 1 amide bonds. The number of aliphatic hydroxyl groups is 1. The van der Waals surface area contributed by atoms with E-state index in [1.807, 2.05) is 0 Å². The molecular weight excluding hydrogens is 289 g/mol. The lowest BCUT2D eigenvalue weighted by atomic mass is 10.0. The summed E-state index contributed by atoms with van der Waals surface area (Å²) in [6.07, 6.45) is 0. The van der Waals surface area contributed by atoms with Gasteiger partial charge in [-0.15, -0.1) is 0 Å². The van der Waals surface area contributed by atoms with Crippen LogP contribution in [0.1, 0.15) is 24.2 Å². The molecule has 0 bridgehead atoms. The summed E-state index contributed by atoms with van der Waals surface area (Å²) in [5.74, 6) is -0.818. The number of aliphatic hydroxyl groups excluding tert-OH is 1. The van der Waals surface area contributed by atoms with Gasteiger partial charge in [0.15, 0.2) is 0 Å². The van der Waals surface area contributed by atoms with Crippen LogP contribution in [0, 0.1) is 5.82 Å². The van der Waals surface area contributed by atoms with Gasteiger partial charge in [-0.1, -0.05) is 6.07 Å². The molecule has 94 valence electrons. The number of halogens is 2. The quantitative estimate of drug-likeness (QED) is 0.932. The minimum Gasteiger partial charge on any atom is -0.394 e. The minimum absolute atomic E-state index is 0.144. The Kier molecular flexibility index (Phi) is 4.27. The third kappa shape index (κ3) is 2.84. The number of hydrogen-bond acceptors (Lipinski definition) is 2. The third-order valence-electron chi connectivity index (χ3n) is 2.78. The summed E-state index contributed by atoms with van der Waals surface area (Å²) >= 11 is 3.05. The van der Waals surface area contributed by atoms with Gasteiger partial charge in [0.05, 0.1) is 22.2 Å². The second-order valence-electron chi connectivity index (χ2n) is 4.44. The fraction of sp³-hybridized carbons (Fsp3) is 0.417. The van der Waals surface area contributed by atoms with Gasteiger partial charge in [-0.2, -0.15) is 0 Å². The van der Waals surface area contributed by atoms with Gasteiger partial charge in [0.25, 0.3) is 5.91 Å². The number of likely N-dealkylation sites (N-methyl/N-ethyl adjacent to an activating group) is 1. The summed E-state index contributed by atoms with van der Waals surface area (Å²) in [4.78, 5) is 13.5. The van der Waals surface area contributed by atoms with Crippen molar-refractivity contribution in [1.82, 2.24) is 4.90 Å². The van der Waals surface area contributed by atoms with Crippen LogP contribution < -0.4 is 0 Å². The molecule has 0 aliphatic rings. The Morgan fingerprint density at radius 1 is 1.53 bits per heavy atom. The first-order chi connectivity index (χ1) is 7.81. The molecule has 0 fully saturated rings. The maximum absolute atomic E-state index is 13.3. The second-order valence-corrected chi connectivity index (χ2v) is 5.23. The van der Waals surface area contributed by atoms with Crippen LogP contribution in [0.5, 0.6) is 0 Å². The molecule has 3 nitrogen and oxygen atoms in total. The van der Waals surface area contributed by atoms with Gasteiger partial charge in [0.2, 0.25) is 0 Å². The van der Waals surface area contributed by atoms with Crippen LogP contribution >= 0.6 is 15.9 Å². The Morgan fingerprint density at radius 3 is 2.65 bits per heavy atom. The van der Waals surface area contributed by atoms with E-state index in [1.165, 1.54) is 17.0 Å².